The molecule has 3 aromatic rings. The highest BCUT2D eigenvalue weighted by Crippen LogP contribution is 2.27. The summed E-state index contributed by atoms with van der Waals surface area (Å²) in [7, 11) is 1.55. The normalized spacial score (nSPS) is 14.8. The molecule has 0 aliphatic carbocycles. The fourth-order valence-corrected chi connectivity index (χ4v) is 3.89. The number of nitrogens with zero attached hydrogens (tertiary/aromatic N) is 4. The average molecular weight is 427 g/mol. The maximum atomic E-state index is 13.0. The van der Waals surface area contributed by atoms with Gasteiger partial charge in [-0.3, -0.25) is 14.5 Å². The summed E-state index contributed by atoms with van der Waals surface area (Å²) in [5.74, 6) is 0.448. The summed E-state index contributed by atoms with van der Waals surface area (Å²) in [6.45, 7) is 4.49. The molecule has 4 rings (SSSR count). The van der Waals surface area contributed by atoms with Gasteiger partial charge in [0.05, 0.1) is 24.8 Å². The standard InChI is InChI=1S/C22H23ClN4O3/c1-15-12-20(30-2)17(13-18(15)23)19(28)14-25-8-10-27(11-9-25)22(29)16-4-3-6-26-7-5-24-21(16)26/h3-7,12-13H,8-11,14H2,1-2H3. The molecule has 8 heteroatoms. The van der Waals surface area contributed by atoms with Crippen molar-refractivity contribution in [1.29, 1.82) is 0 Å². The molecule has 0 N–H and O–H groups in total. The SMILES string of the molecule is COc1cc(C)c(Cl)cc1C(=O)CN1CCN(C(=O)c2cccn3ccnc23)CC1. The van der Waals surface area contributed by atoms with Crippen molar-refractivity contribution in [3.8, 4) is 5.75 Å². The first kappa shape index (κ1) is 20.4. The lowest BCUT2D eigenvalue weighted by Crippen LogP contribution is -2.50. The van der Waals surface area contributed by atoms with Crippen molar-refractivity contribution in [2.24, 2.45) is 0 Å². The van der Waals surface area contributed by atoms with Crippen LogP contribution in [-0.4, -0.2) is 70.7 Å². The maximum Gasteiger partial charge on any atom is 0.257 e. The van der Waals surface area contributed by atoms with E-state index in [1.54, 1.807) is 31.5 Å². The molecule has 0 bridgehead atoms. The summed E-state index contributed by atoms with van der Waals surface area (Å²) in [5.41, 5.74) is 2.59. The zero-order valence-electron chi connectivity index (χ0n) is 17.0. The van der Waals surface area contributed by atoms with Crippen molar-refractivity contribution in [1.82, 2.24) is 19.2 Å². The van der Waals surface area contributed by atoms with Crippen LogP contribution in [0.4, 0.5) is 0 Å². The fraction of sp³-hybridized carbons (Fsp3) is 0.318. The van der Waals surface area contributed by atoms with Crippen LogP contribution in [0.25, 0.3) is 5.65 Å². The van der Waals surface area contributed by atoms with Gasteiger partial charge in [-0.05, 0) is 36.8 Å². The molecule has 156 valence electrons. The first-order valence-corrected chi connectivity index (χ1v) is 10.2. The van der Waals surface area contributed by atoms with E-state index in [9.17, 15) is 9.59 Å². The molecule has 2 aromatic heterocycles. The Morgan fingerprint density at radius 2 is 1.90 bits per heavy atom. The van der Waals surface area contributed by atoms with Gasteiger partial charge >= 0.3 is 0 Å². The largest absolute Gasteiger partial charge is 0.496 e. The number of hydrogen-bond acceptors (Lipinski definition) is 5. The molecule has 30 heavy (non-hydrogen) atoms. The van der Waals surface area contributed by atoms with Crippen molar-refractivity contribution in [2.75, 3.05) is 39.8 Å². The molecule has 0 radical (unpaired) electrons. The van der Waals surface area contributed by atoms with Gasteiger partial charge in [0, 0.05) is 49.8 Å². The number of aryl methyl sites for hydroxylation is 1. The Kier molecular flexibility index (Phi) is 5.74. The monoisotopic (exact) mass is 426 g/mol. The van der Waals surface area contributed by atoms with Gasteiger partial charge in [0.2, 0.25) is 0 Å². The molecular formula is C22H23ClN4O3. The van der Waals surface area contributed by atoms with E-state index < -0.39 is 0 Å². The number of hydrogen-bond donors (Lipinski definition) is 0. The molecule has 1 aliphatic heterocycles. The molecule has 1 fully saturated rings. The van der Waals surface area contributed by atoms with Crippen molar-refractivity contribution in [3.63, 3.8) is 0 Å². The molecular weight excluding hydrogens is 404 g/mol. The number of rotatable bonds is 5. The summed E-state index contributed by atoms with van der Waals surface area (Å²) < 4.78 is 7.19. The number of ether oxygens (including phenoxy) is 1. The Morgan fingerprint density at radius 3 is 2.63 bits per heavy atom. The number of amides is 1. The second-order valence-electron chi connectivity index (χ2n) is 7.37. The van der Waals surface area contributed by atoms with E-state index in [0.717, 1.165) is 5.56 Å². The van der Waals surface area contributed by atoms with E-state index in [1.807, 2.05) is 34.7 Å². The lowest BCUT2D eigenvalue weighted by atomic mass is 10.1. The number of piperazine rings is 1. The van der Waals surface area contributed by atoms with E-state index in [1.165, 1.54) is 0 Å². The van der Waals surface area contributed by atoms with Gasteiger partial charge in [-0.25, -0.2) is 4.98 Å². The summed E-state index contributed by atoms with van der Waals surface area (Å²) in [6, 6.07) is 7.09. The van der Waals surface area contributed by atoms with E-state index >= 15 is 0 Å². The number of carbonyl (C=O) groups excluding carboxylic acids is 2. The van der Waals surface area contributed by atoms with Crippen molar-refractivity contribution in [2.45, 2.75) is 6.92 Å². The third kappa shape index (κ3) is 3.91. The highest BCUT2D eigenvalue weighted by molar-refractivity contribution is 6.31. The first-order valence-electron chi connectivity index (χ1n) is 9.78. The van der Waals surface area contributed by atoms with Gasteiger partial charge in [0.15, 0.2) is 5.78 Å². The minimum Gasteiger partial charge on any atom is -0.496 e. The van der Waals surface area contributed by atoms with Gasteiger partial charge in [-0.2, -0.15) is 0 Å². The van der Waals surface area contributed by atoms with E-state index in [4.69, 9.17) is 16.3 Å². The number of methoxy groups -OCH3 is 1. The van der Waals surface area contributed by atoms with E-state index in [2.05, 4.69) is 9.88 Å². The lowest BCUT2D eigenvalue weighted by molar-refractivity contribution is 0.0625. The van der Waals surface area contributed by atoms with Gasteiger partial charge in [-0.1, -0.05) is 11.6 Å². The minimum absolute atomic E-state index is 0.0373. The van der Waals surface area contributed by atoms with E-state index in [0.29, 0.717) is 53.7 Å². The van der Waals surface area contributed by atoms with Crippen LogP contribution in [0.2, 0.25) is 5.02 Å². The van der Waals surface area contributed by atoms with Gasteiger partial charge < -0.3 is 14.0 Å². The number of aromatic nitrogens is 2. The topological polar surface area (TPSA) is 67.2 Å². The second kappa shape index (κ2) is 8.45. The van der Waals surface area contributed by atoms with Crippen molar-refractivity contribution < 1.29 is 14.3 Å². The lowest BCUT2D eigenvalue weighted by Gasteiger charge is -2.34. The zero-order chi connectivity index (χ0) is 21.3. The first-order chi connectivity index (χ1) is 14.5. The molecule has 1 saturated heterocycles. The van der Waals surface area contributed by atoms with Crippen molar-refractivity contribution in [3.05, 3.63) is 64.6 Å². The molecule has 3 heterocycles. The Labute approximate surface area is 179 Å². The zero-order valence-corrected chi connectivity index (χ0v) is 17.7. The number of Topliss-reactive ketones (excluding diaryl/α,β-unsaturated/α-hetero) is 1. The average Bonchev–Trinajstić information content (AvgIpc) is 3.24. The third-order valence-corrected chi connectivity index (χ3v) is 5.86. The number of pyridine rings is 1. The Hall–Kier alpha value is -2.90. The van der Waals surface area contributed by atoms with Gasteiger partial charge in [0.25, 0.3) is 5.91 Å². The number of benzene rings is 1. The molecule has 0 saturated carbocycles. The Balaban J connectivity index is 1.40. The van der Waals surface area contributed by atoms with Gasteiger partial charge in [0.1, 0.15) is 11.4 Å². The number of imidazole rings is 1. The number of carbonyl (C=O) groups is 2. The highest BCUT2D eigenvalue weighted by Gasteiger charge is 2.26. The Bertz CT molecular complexity index is 1100. The van der Waals surface area contributed by atoms with Crippen molar-refractivity contribution >= 4 is 28.9 Å². The summed E-state index contributed by atoms with van der Waals surface area (Å²) in [4.78, 5) is 34.0. The molecule has 1 aromatic carbocycles. The summed E-state index contributed by atoms with van der Waals surface area (Å²) in [5, 5.41) is 0.544. The predicted molar refractivity (Wildman–Crippen MR) is 115 cm³/mol. The smallest absolute Gasteiger partial charge is 0.257 e. The van der Waals surface area contributed by atoms with Crippen LogP contribution in [0.5, 0.6) is 5.75 Å². The van der Waals surface area contributed by atoms with E-state index in [-0.39, 0.29) is 18.2 Å². The molecule has 0 atom stereocenters. The summed E-state index contributed by atoms with van der Waals surface area (Å²) in [6.07, 6.45) is 5.37. The number of fused-ring (bicyclic) bond motifs is 1. The minimum atomic E-state index is -0.0457. The molecule has 1 amide bonds. The second-order valence-corrected chi connectivity index (χ2v) is 7.78. The van der Waals surface area contributed by atoms with Crippen LogP contribution in [0.15, 0.2) is 42.9 Å². The van der Waals surface area contributed by atoms with Gasteiger partial charge in [-0.15, -0.1) is 0 Å². The molecule has 0 spiro atoms. The van der Waals surface area contributed by atoms with Crippen LogP contribution in [0.3, 0.4) is 0 Å². The fourth-order valence-electron chi connectivity index (χ4n) is 3.72. The van der Waals surface area contributed by atoms with Crippen LogP contribution >= 0.6 is 11.6 Å². The molecule has 7 nitrogen and oxygen atoms in total. The van der Waals surface area contributed by atoms with Crippen LogP contribution in [0, 0.1) is 6.92 Å². The number of ketones is 1. The Morgan fingerprint density at radius 1 is 1.13 bits per heavy atom. The predicted octanol–water partition coefficient (Wildman–Crippen LogP) is 2.95. The van der Waals surface area contributed by atoms with Crippen LogP contribution in [0.1, 0.15) is 26.3 Å². The highest BCUT2D eigenvalue weighted by atomic mass is 35.5. The molecule has 1 aliphatic rings. The maximum absolute atomic E-state index is 13.0. The third-order valence-electron chi connectivity index (χ3n) is 5.46. The quantitative estimate of drug-likeness (QED) is 0.587. The molecule has 0 unspecified atom stereocenters. The number of halogens is 1. The van der Waals surface area contributed by atoms with Crippen LogP contribution < -0.4 is 4.74 Å². The van der Waals surface area contributed by atoms with Crippen LogP contribution in [-0.2, 0) is 0 Å². The summed E-state index contributed by atoms with van der Waals surface area (Å²) >= 11 is 6.20.